The number of carbonyl (C=O) groups excluding carboxylic acids is 1. The van der Waals surface area contributed by atoms with Crippen molar-refractivity contribution in [3.63, 3.8) is 0 Å². The first kappa shape index (κ1) is 19.1. The van der Waals surface area contributed by atoms with E-state index < -0.39 is 0 Å². The van der Waals surface area contributed by atoms with Crippen LogP contribution in [-0.2, 0) is 11.2 Å². The summed E-state index contributed by atoms with van der Waals surface area (Å²) in [7, 11) is 3.19. The first-order valence-electron chi connectivity index (χ1n) is 9.55. The van der Waals surface area contributed by atoms with Gasteiger partial charge in [-0.3, -0.25) is 4.79 Å². The summed E-state index contributed by atoms with van der Waals surface area (Å²) in [5, 5.41) is 2.97. The first-order chi connectivity index (χ1) is 13.2. The highest BCUT2D eigenvalue weighted by Crippen LogP contribution is 2.28. The summed E-state index contributed by atoms with van der Waals surface area (Å²) in [6, 6.07) is 13.7. The van der Waals surface area contributed by atoms with Crippen LogP contribution in [0.4, 0.5) is 11.4 Å². The Morgan fingerprint density at radius 3 is 2.22 bits per heavy atom. The fourth-order valence-electron chi connectivity index (χ4n) is 3.47. The Kier molecular flexibility index (Phi) is 6.58. The number of methoxy groups -OCH3 is 2. The maximum atomic E-state index is 12.4. The van der Waals surface area contributed by atoms with Gasteiger partial charge in [0.25, 0.3) is 0 Å². The van der Waals surface area contributed by atoms with Crippen LogP contribution in [0.25, 0.3) is 0 Å². The minimum Gasteiger partial charge on any atom is -0.493 e. The quantitative estimate of drug-likeness (QED) is 0.827. The van der Waals surface area contributed by atoms with Gasteiger partial charge in [-0.25, -0.2) is 0 Å². The monoisotopic (exact) mass is 368 g/mol. The van der Waals surface area contributed by atoms with Crippen molar-refractivity contribution in [3.05, 3.63) is 48.0 Å². The van der Waals surface area contributed by atoms with E-state index in [4.69, 9.17) is 9.47 Å². The second-order valence-electron chi connectivity index (χ2n) is 6.86. The molecule has 1 amide bonds. The predicted octanol–water partition coefficient (Wildman–Crippen LogP) is 4.27. The van der Waals surface area contributed by atoms with Crippen molar-refractivity contribution in [1.29, 1.82) is 0 Å². The molecule has 0 radical (unpaired) electrons. The second kappa shape index (κ2) is 9.31. The van der Waals surface area contributed by atoms with Crippen molar-refractivity contribution < 1.29 is 14.3 Å². The van der Waals surface area contributed by atoms with E-state index in [2.05, 4.69) is 22.3 Å². The molecule has 1 heterocycles. The number of hydrogen-bond donors (Lipinski definition) is 1. The maximum Gasteiger partial charge on any atom is 0.228 e. The van der Waals surface area contributed by atoms with Gasteiger partial charge in [-0.15, -0.1) is 0 Å². The van der Waals surface area contributed by atoms with E-state index in [0.717, 1.165) is 24.3 Å². The van der Waals surface area contributed by atoms with E-state index in [9.17, 15) is 4.79 Å². The van der Waals surface area contributed by atoms with Crippen molar-refractivity contribution in [1.82, 2.24) is 0 Å². The predicted molar refractivity (Wildman–Crippen MR) is 109 cm³/mol. The van der Waals surface area contributed by atoms with Crippen LogP contribution in [0.5, 0.6) is 11.5 Å². The highest BCUT2D eigenvalue weighted by atomic mass is 16.5. The van der Waals surface area contributed by atoms with Crippen LogP contribution in [0.3, 0.4) is 0 Å². The number of amides is 1. The fourth-order valence-corrected chi connectivity index (χ4v) is 3.47. The Hall–Kier alpha value is -2.69. The largest absolute Gasteiger partial charge is 0.493 e. The van der Waals surface area contributed by atoms with E-state index in [1.807, 2.05) is 30.3 Å². The van der Waals surface area contributed by atoms with E-state index in [1.165, 1.54) is 31.4 Å². The molecule has 27 heavy (non-hydrogen) atoms. The Labute approximate surface area is 161 Å². The number of nitrogens with one attached hydrogen (secondary N) is 1. The lowest BCUT2D eigenvalue weighted by atomic mass is 10.1. The average Bonchev–Trinajstić information content (AvgIpc) is 2.98. The number of anilines is 2. The van der Waals surface area contributed by atoms with Gasteiger partial charge in [0.15, 0.2) is 11.5 Å². The highest BCUT2D eigenvalue weighted by Gasteiger charge is 2.11. The number of ether oxygens (including phenoxy) is 2. The zero-order valence-corrected chi connectivity index (χ0v) is 16.2. The molecule has 3 rings (SSSR count). The van der Waals surface area contributed by atoms with Gasteiger partial charge in [0, 0.05) is 24.5 Å². The SMILES string of the molecule is COc1ccc(CC(=O)Nc2ccc(N3CCCCCC3)cc2)cc1OC. The molecule has 0 spiro atoms. The molecule has 1 fully saturated rings. The summed E-state index contributed by atoms with van der Waals surface area (Å²) in [4.78, 5) is 14.8. The van der Waals surface area contributed by atoms with Crippen molar-refractivity contribution in [3.8, 4) is 11.5 Å². The highest BCUT2D eigenvalue weighted by molar-refractivity contribution is 5.92. The third kappa shape index (κ3) is 5.16. The summed E-state index contributed by atoms with van der Waals surface area (Å²) >= 11 is 0. The number of nitrogens with zero attached hydrogens (tertiary/aromatic N) is 1. The number of hydrogen-bond acceptors (Lipinski definition) is 4. The molecule has 2 aromatic carbocycles. The molecular weight excluding hydrogens is 340 g/mol. The van der Waals surface area contributed by atoms with Gasteiger partial charge in [-0.2, -0.15) is 0 Å². The van der Waals surface area contributed by atoms with Crippen molar-refractivity contribution in [2.75, 3.05) is 37.5 Å². The fraction of sp³-hybridized carbons (Fsp3) is 0.409. The number of carbonyl (C=O) groups is 1. The second-order valence-corrected chi connectivity index (χ2v) is 6.86. The van der Waals surface area contributed by atoms with Gasteiger partial charge in [0.2, 0.25) is 5.91 Å². The molecule has 5 heteroatoms. The molecule has 144 valence electrons. The van der Waals surface area contributed by atoms with E-state index in [1.54, 1.807) is 14.2 Å². The van der Waals surface area contributed by atoms with Gasteiger partial charge in [0.05, 0.1) is 20.6 Å². The number of benzene rings is 2. The van der Waals surface area contributed by atoms with Crippen molar-refractivity contribution in [2.45, 2.75) is 32.1 Å². The summed E-state index contributed by atoms with van der Waals surface area (Å²) in [5.41, 5.74) is 2.93. The Morgan fingerprint density at radius 2 is 1.59 bits per heavy atom. The molecule has 0 aliphatic carbocycles. The smallest absolute Gasteiger partial charge is 0.228 e. The molecule has 0 unspecified atom stereocenters. The molecule has 5 nitrogen and oxygen atoms in total. The van der Waals surface area contributed by atoms with Gasteiger partial charge in [-0.1, -0.05) is 18.9 Å². The molecule has 0 atom stereocenters. The molecule has 0 bridgehead atoms. The van der Waals surface area contributed by atoms with Crippen LogP contribution in [-0.4, -0.2) is 33.2 Å². The normalized spacial score (nSPS) is 14.4. The van der Waals surface area contributed by atoms with Crippen LogP contribution in [0, 0.1) is 0 Å². The number of rotatable bonds is 6. The minimum atomic E-state index is -0.0512. The van der Waals surface area contributed by atoms with Gasteiger partial charge < -0.3 is 19.7 Å². The molecule has 1 N–H and O–H groups in total. The van der Waals surface area contributed by atoms with Crippen molar-refractivity contribution in [2.24, 2.45) is 0 Å². The van der Waals surface area contributed by atoms with Crippen LogP contribution in [0.2, 0.25) is 0 Å². The molecule has 2 aromatic rings. The lowest BCUT2D eigenvalue weighted by Crippen LogP contribution is -2.23. The Bertz CT molecular complexity index is 751. The topological polar surface area (TPSA) is 50.8 Å². The van der Waals surface area contributed by atoms with E-state index in [0.29, 0.717) is 11.5 Å². The van der Waals surface area contributed by atoms with Crippen LogP contribution in [0.15, 0.2) is 42.5 Å². The van der Waals surface area contributed by atoms with Gasteiger partial charge >= 0.3 is 0 Å². The van der Waals surface area contributed by atoms with Crippen LogP contribution in [0.1, 0.15) is 31.2 Å². The molecule has 0 aromatic heterocycles. The molecule has 1 aliphatic heterocycles. The molecular formula is C22H28N2O3. The Balaban J connectivity index is 1.59. The first-order valence-corrected chi connectivity index (χ1v) is 9.55. The lowest BCUT2D eigenvalue weighted by molar-refractivity contribution is -0.115. The molecule has 1 saturated heterocycles. The standard InChI is InChI=1S/C22H28N2O3/c1-26-20-12-7-17(15-21(20)27-2)16-22(25)23-18-8-10-19(11-9-18)24-13-5-3-4-6-14-24/h7-12,15H,3-6,13-14,16H2,1-2H3,(H,23,25). The third-order valence-electron chi connectivity index (χ3n) is 4.93. The lowest BCUT2D eigenvalue weighted by Gasteiger charge is -2.22. The maximum absolute atomic E-state index is 12.4. The zero-order chi connectivity index (χ0) is 19.1. The summed E-state index contributed by atoms with van der Waals surface area (Å²) in [6.45, 7) is 2.23. The zero-order valence-electron chi connectivity index (χ0n) is 16.2. The summed E-state index contributed by atoms with van der Waals surface area (Å²) in [6.07, 6.45) is 5.43. The minimum absolute atomic E-state index is 0.0512. The Morgan fingerprint density at radius 1 is 0.926 bits per heavy atom. The van der Waals surface area contributed by atoms with Crippen LogP contribution >= 0.6 is 0 Å². The molecule has 1 aliphatic rings. The third-order valence-corrected chi connectivity index (χ3v) is 4.93. The molecule has 0 saturated carbocycles. The van der Waals surface area contributed by atoms with Crippen LogP contribution < -0.4 is 19.7 Å². The average molecular weight is 368 g/mol. The van der Waals surface area contributed by atoms with E-state index >= 15 is 0 Å². The summed E-state index contributed by atoms with van der Waals surface area (Å²) < 4.78 is 10.5. The van der Waals surface area contributed by atoms with Gasteiger partial charge in [-0.05, 0) is 54.8 Å². The summed E-state index contributed by atoms with van der Waals surface area (Å²) in [5.74, 6) is 1.24. The van der Waals surface area contributed by atoms with Gasteiger partial charge in [0.1, 0.15) is 0 Å². The van der Waals surface area contributed by atoms with E-state index in [-0.39, 0.29) is 12.3 Å². The van der Waals surface area contributed by atoms with Crippen molar-refractivity contribution >= 4 is 17.3 Å².